The van der Waals surface area contributed by atoms with Crippen molar-refractivity contribution in [3.63, 3.8) is 0 Å². The molecule has 0 bridgehead atoms. The van der Waals surface area contributed by atoms with E-state index in [9.17, 15) is 19.3 Å². The SMILES string of the molecule is CC(=O)c1cc(F)c(C)cc1Oc1ccc([N+](=O)[O-])cc1. The molecule has 0 unspecified atom stereocenters. The number of aryl methyl sites for hydroxylation is 1. The van der Waals surface area contributed by atoms with Crippen LogP contribution in [0.2, 0.25) is 0 Å². The Kier molecular flexibility index (Phi) is 3.98. The summed E-state index contributed by atoms with van der Waals surface area (Å²) in [5.41, 5.74) is 0.401. The van der Waals surface area contributed by atoms with Gasteiger partial charge >= 0.3 is 0 Å². The second kappa shape index (κ2) is 5.70. The summed E-state index contributed by atoms with van der Waals surface area (Å²) in [7, 11) is 0. The predicted octanol–water partition coefficient (Wildman–Crippen LogP) is 4.04. The van der Waals surface area contributed by atoms with Crippen molar-refractivity contribution in [2.45, 2.75) is 13.8 Å². The molecule has 5 nitrogen and oxygen atoms in total. The number of rotatable bonds is 4. The number of hydrogen-bond donors (Lipinski definition) is 0. The van der Waals surface area contributed by atoms with Crippen LogP contribution in [-0.4, -0.2) is 10.7 Å². The molecular weight excluding hydrogens is 277 g/mol. The number of benzene rings is 2. The summed E-state index contributed by atoms with van der Waals surface area (Å²) < 4.78 is 19.0. The third kappa shape index (κ3) is 3.22. The molecule has 0 aromatic heterocycles. The second-order valence-electron chi connectivity index (χ2n) is 4.51. The third-order valence-corrected chi connectivity index (χ3v) is 2.92. The smallest absolute Gasteiger partial charge is 0.269 e. The van der Waals surface area contributed by atoms with Crippen LogP contribution >= 0.6 is 0 Å². The lowest BCUT2D eigenvalue weighted by atomic mass is 10.1. The molecule has 0 aliphatic heterocycles. The molecule has 21 heavy (non-hydrogen) atoms. The van der Waals surface area contributed by atoms with E-state index in [4.69, 9.17) is 4.74 Å². The van der Waals surface area contributed by atoms with Gasteiger partial charge in [0.1, 0.15) is 17.3 Å². The van der Waals surface area contributed by atoms with E-state index in [-0.39, 0.29) is 22.8 Å². The van der Waals surface area contributed by atoms with Gasteiger partial charge in [-0.05, 0) is 43.7 Å². The van der Waals surface area contributed by atoms with E-state index in [1.807, 2.05) is 0 Å². The number of nitro groups is 1. The minimum Gasteiger partial charge on any atom is -0.457 e. The van der Waals surface area contributed by atoms with Gasteiger partial charge in [0, 0.05) is 12.1 Å². The molecule has 0 saturated heterocycles. The Bertz CT molecular complexity index is 710. The van der Waals surface area contributed by atoms with Crippen molar-refractivity contribution in [3.8, 4) is 11.5 Å². The first-order valence-electron chi connectivity index (χ1n) is 6.12. The van der Waals surface area contributed by atoms with E-state index in [0.29, 0.717) is 11.3 Å². The van der Waals surface area contributed by atoms with E-state index < -0.39 is 10.7 Å². The highest BCUT2D eigenvalue weighted by Crippen LogP contribution is 2.29. The maximum atomic E-state index is 13.5. The number of halogens is 1. The monoisotopic (exact) mass is 289 g/mol. The lowest BCUT2D eigenvalue weighted by molar-refractivity contribution is -0.384. The maximum Gasteiger partial charge on any atom is 0.269 e. The molecule has 0 N–H and O–H groups in total. The number of non-ortho nitro benzene ring substituents is 1. The van der Waals surface area contributed by atoms with Crippen LogP contribution in [0.25, 0.3) is 0 Å². The summed E-state index contributed by atoms with van der Waals surface area (Å²) in [5, 5.41) is 10.6. The van der Waals surface area contributed by atoms with Gasteiger partial charge in [-0.25, -0.2) is 4.39 Å². The van der Waals surface area contributed by atoms with Gasteiger partial charge in [0.25, 0.3) is 5.69 Å². The van der Waals surface area contributed by atoms with Crippen molar-refractivity contribution in [1.82, 2.24) is 0 Å². The molecule has 0 heterocycles. The zero-order valence-corrected chi connectivity index (χ0v) is 11.4. The van der Waals surface area contributed by atoms with Crippen molar-refractivity contribution in [2.24, 2.45) is 0 Å². The predicted molar refractivity (Wildman–Crippen MR) is 74.3 cm³/mol. The highest BCUT2D eigenvalue weighted by atomic mass is 19.1. The quantitative estimate of drug-likeness (QED) is 0.484. The summed E-state index contributed by atoms with van der Waals surface area (Å²) in [6, 6.07) is 7.96. The second-order valence-corrected chi connectivity index (χ2v) is 4.51. The molecular formula is C15H12FNO4. The summed E-state index contributed by atoms with van der Waals surface area (Å²) in [5.74, 6) is -0.272. The van der Waals surface area contributed by atoms with Crippen LogP contribution < -0.4 is 4.74 Å². The summed E-state index contributed by atoms with van der Waals surface area (Å²) in [6.07, 6.45) is 0. The average molecular weight is 289 g/mol. The number of ketones is 1. The molecule has 0 radical (unpaired) electrons. The number of Topliss-reactive ketones (excluding diaryl/α,β-unsaturated/α-hetero) is 1. The summed E-state index contributed by atoms with van der Waals surface area (Å²) in [4.78, 5) is 21.6. The largest absolute Gasteiger partial charge is 0.457 e. The zero-order chi connectivity index (χ0) is 15.6. The molecule has 0 amide bonds. The van der Waals surface area contributed by atoms with Crippen molar-refractivity contribution in [2.75, 3.05) is 0 Å². The molecule has 0 spiro atoms. The number of hydrogen-bond acceptors (Lipinski definition) is 4. The van der Waals surface area contributed by atoms with E-state index in [0.717, 1.165) is 6.07 Å². The molecule has 2 rings (SSSR count). The van der Waals surface area contributed by atoms with Gasteiger partial charge in [-0.3, -0.25) is 14.9 Å². The van der Waals surface area contributed by atoms with Crippen LogP contribution in [0.1, 0.15) is 22.8 Å². The van der Waals surface area contributed by atoms with Crippen molar-refractivity contribution >= 4 is 11.5 Å². The number of carbonyl (C=O) groups is 1. The van der Waals surface area contributed by atoms with Gasteiger partial charge < -0.3 is 4.74 Å². The fourth-order valence-electron chi connectivity index (χ4n) is 1.78. The molecule has 0 atom stereocenters. The highest BCUT2D eigenvalue weighted by Gasteiger charge is 2.14. The molecule has 0 aliphatic rings. The Labute approximate surface area is 120 Å². The highest BCUT2D eigenvalue weighted by molar-refractivity contribution is 5.97. The topological polar surface area (TPSA) is 69.4 Å². The van der Waals surface area contributed by atoms with Crippen LogP contribution in [0.15, 0.2) is 36.4 Å². The molecule has 2 aromatic rings. The van der Waals surface area contributed by atoms with Crippen molar-refractivity contribution in [1.29, 1.82) is 0 Å². The van der Waals surface area contributed by atoms with Gasteiger partial charge in [0.15, 0.2) is 5.78 Å². The third-order valence-electron chi connectivity index (χ3n) is 2.92. The number of carbonyl (C=O) groups excluding carboxylic acids is 1. The molecule has 0 saturated carbocycles. The Morgan fingerprint density at radius 3 is 2.38 bits per heavy atom. The normalized spacial score (nSPS) is 10.2. The van der Waals surface area contributed by atoms with Gasteiger partial charge in [-0.15, -0.1) is 0 Å². The first-order valence-corrected chi connectivity index (χ1v) is 6.12. The molecule has 0 fully saturated rings. The lowest BCUT2D eigenvalue weighted by Gasteiger charge is -2.11. The first-order chi connectivity index (χ1) is 9.88. The van der Waals surface area contributed by atoms with E-state index in [1.54, 1.807) is 6.92 Å². The van der Waals surface area contributed by atoms with Gasteiger partial charge in [-0.1, -0.05) is 0 Å². The molecule has 0 aliphatic carbocycles. The van der Waals surface area contributed by atoms with Crippen LogP contribution in [0.4, 0.5) is 10.1 Å². The van der Waals surface area contributed by atoms with Crippen LogP contribution in [0, 0.1) is 22.9 Å². The Morgan fingerprint density at radius 1 is 1.24 bits per heavy atom. The maximum absolute atomic E-state index is 13.5. The Morgan fingerprint density at radius 2 is 1.86 bits per heavy atom. The summed E-state index contributed by atoms with van der Waals surface area (Å²) in [6.45, 7) is 2.87. The van der Waals surface area contributed by atoms with E-state index in [1.165, 1.54) is 37.3 Å². The molecule has 6 heteroatoms. The Hall–Kier alpha value is -2.76. The summed E-state index contributed by atoms with van der Waals surface area (Å²) >= 11 is 0. The Balaban J connectivity index is 2.36. The minimum atomic E-state index is -0.521. The number of ether oxygens (including phenoxy) is 1. The lowest BCUT2D eigenvalue weighted by Crippen LogP contribution is -2.00. The van der Waals surface area contributed by atoms with Crippen molar-refractivity contribution in [3.05, 3.63) is 63.5 Å². The first kappa shape index (κ1) is 14.6. The van der Waals surface area contributed by atoms with E-state index in [2.05, 4.69) is 0 Å². The average Bonchev–Trinajstić information content (AvgIpc) is 2.43. The van der Waals surface area contributed by atoms with Crippen LogP contribution in [0.5, 0.6) is 11.5 Å². The zero-order valence-electron chi connectivity index (χ0n) is 11.4. The van der Waals surface area contributed by atoms with Crippen LogP contribution in [-0.2, 0) is 0 Å². The molecule has 108 valence electrons. The van der Waals surface area contributed by atoms with E-state index >= 15 is 0 Å². The van der Waals surface area contributed by atoms with Gasteiger partial charge in [0.05, 0.1) is 10.5 Å². The van der Waals surface area contributed by atoms with Crippen LogP contribution in [0.3, 0.4) is 0 Å². The fourth-order valence-corrected chi connectivity index (χ4v) is 1.78. The minimum absolute atomic E-state index is 0.0653. The number of nitro benzene ring substituents is 1. The van der Waals surface area contributed by atoms with Gasteiger partial charge in [0.2, 0.25) is 0 Å². The van der Waals surface area contributed by atoms with Crippen molar-refractivity contribution < 1.29 is 18.8 Å². The number of nitrogens with zero attached hydrogens (tertiary/aromatic N) is 1. The molecule has 2 aromatic carbocycles. The van der Waals surface area contributed by atoms with Gasteiger partial charge in [-0.2, -0.15) is 0 Å². The standard InChI is InChI=1S/C15H12FNO4/c1-9-7-15(13(10(2)18)8-14(9)16)21-12-5-3-11(4-6-12)17(19)20/h3-8H,1-2H3. The fraction of sp³-hybridized carbons (Fsp3) is 0.133.